The predicted octanol–water partition coefficient (Wildman–Crippen LogP) is 3.65. The van der Waals surface area contributed by atoms with Crippen LogP contribution in [0.3, 0.4) is 0 Å². The first kappa shape index (κ1) is 14.5. The molecule has 0 bridgehead atoms. The van der Waals surface area contributed by atoms with E-state index in [2.05, 4.69) is 5.32 Å². The van der Waals surface area contributed by atoms with Crippen LogP contribution in [0.1, 0.15) is 4.88 Å². The standard InChI is InChI=1S/C14H8N2O4S2/c17-13-12(22-14(18)15-13)7-10-4-5-11(21-10)8-2-1-3-9(6-8)16(19)20/h1-7H,(H,15,17,18). The molecule has 0 saturated carbocycles. The Bertz CT molecular complexity index is 826. The number of nitro groups is 1. The molecule has 2 amide bonds. The molecule has 1 N–H and O–H groups in total. The van der Waals surface area contributed by atoms with Crippen LogP contribution < -0.4 is 5.32 Å². The molecule has 1 aliphatic rings. The summed E-state index contributed by atoms with van der Waals surface area (Å²) >= 11 is 2.25. The number of rotatable bonds is 3. The molecule has 1 saturated heterocycles. The molecular weight excluding hydrogens is 324 g/mol. The van der Waals surface area contributed by atoms with Crippen molar-refractivity contribution >= 4 is 46.0 Å². The molecule has 6 nitrogen and oxygen atoms in total. The highest BCUT2D eigenvalue weighted by Crippen LogP contribution is 2.33. The summed E-state index contributed by atoms with van der Waals surface area (Å²) in [5.74, 6) is -0.403. The summed E-state index contributed by atoms with van der Waals surface area (Å²) in [6.07, 6.45) is 1.64. The minimum atomic E-state index is -0.439. The molecule has 2 aromatic rings. The topological polar surface area (TPSA) is 89.3 Å². The van der Waals surface area contributed by atoms with Crippen LogP contribution in [0.2, 0.25) is 0 Å². The van der Waals surface area contributed by atoms with E-state index in [0.29, 0.717) is 4.91 Å². The van der Waals surface area contributed by atoms with Crippen molar-refractivity contribution in [2.75, 3.05) is 0 Å². The quantitative estimate of drug-likeness (QED) is 0.526. The second-order valence-electron chi connectivity index (χ2n) is 4.36. The summed E-state index contributed by atoms with van der Waals surface area (Å²) in [6.45, 7) is 0. The first-order valence-corrected chi connectivity index (χ1v) is 7.76. The number of carbonyl (C=O) groups excluding carboxylic acids is 2. The molecule has 1 aliphatic heterocycles. The molecule has 3 rings (SSSR count). The second kappa shape index (κ2) is 5.74. The Hall–Kier alpha value is -2.45. The minimum Gasteiger partial charge on any atom is -0.282 e. The fourth-order valence-corrected chi connectivity index (χ4v) is 3.60. The van der Waals surface area contributed by atoms with Crippen molar-refractivity contribution in [1.82, 2.24) is 5.32 Å². The van der Waals surface area contributed by atoms with E-state index < -0.39 is 10.8 Å². The van der Waals surface area contributed by atoms with Gasteiger partial charge in [-0.25, -0.2) is 0 Å². The average molecular weight is 332 g/mol. The van der Waals surface area contributed by atoms with Gasteiger partial charge in [0.2, 0.25) is 0 Å². The highest BCUT2D eigenvalue weighted by molar-refractivity contribution is 8.18. The van der Waals surface area contributed by atoms with E-state index in [0.717, 1.165) is 27.1 Å². The van der Waals surface area contributed by atoms with Gasteiger partial charge >= 0.3 is 0 Å². The maximum atomic E-state index is 11.5. The summed E-state index contributed by atoms with van der Waals surface area (Å²) in [4.78, 5) is 35.0. The van der Waals surface area contributed by atoms with Crippen LogP contribution >= 0.6 is 23.1 Å². The highest BCUT2D eigenvalue weighted by atomic mass is 32.2. The number of nitrogens with zero attached hydrogens (tertiary/aromatic N) is 1. The fourth-order valence-electron chi connectivity index (χ4n) is 1.91. The van der Waals surface area contributed by atoms with E-state index in [4.69, 9.17) is 0 Å². The zero-order valence-electron chi connectivity index (χ0n) is 10.9. The van der Waals surface area contributed by atoms with Crippen LogP contribution in [-0.2, 0) is 4.79 Å². The molecular formula is C14H8N2O4S2. The van der Waals surface area contributed by atoms with Crippen molar-refractivity contribution in [3.63, 3.8) is 0 Å². The number of carbonyl (C=O) groups is 2. The van der Waals surface area contributed by atoms with Gasteiger partial charge in [0.1, 0.15) is 0 Å². The van der Waals surface area contributed by atoms with E-state index in [-0.39, 0.29) is 10.9 Å². The van der Waals surface area contributed by atoms with Gasteiger partial charge in [-0.2, -0.15) is 0 Å². The van der Waals surface area contributed by atoms with Crippen LogP contribution in [0.4, 0.5) is 10.5 Å². The predicted molar refractivity (Wildman–Crippen MR) is 85.5 cm³/mol. The lowest BCUT2D eigenvalue weighted by atomic mass is 10.2. The summed E-state index contributed by atoms with van der Waals surface area (Å²) in [5, 5.41) is 12.6. The maximum absolute atomic E-state index is 11.5. The molecule has 1 aromatic heterocycles. The summed E-state index contributed by atoms with van der Waals surface area (Å²) in [5.41, 5.74) is 0.769. The SMILES string of the molecule is O=C1NC(=O)C(=Cc2ccc(-c3cccc([N+](=O)[O-])c3)s2)S1. The third kappa shape index (κ3) is 2.92. The maximum Gasteiger partial charge on any atom is 0.290 e. The summed E-state index contributed by atoms with van der Waals surface area (Å²) in [7, 11) is 0. The van der Waals surface area contributed by atoms with Gasteiger partial charge in [0.05, 0.1) is 9.83 Å². The molecule has 1 aromatic carbocycles. The van der Waals surface area contributed by atoms with Crippen molar-refractivity contribution in [3.05, 3.63) is 56.3 Å². The number of hydrogen-bond donors (Lipinski definition) is 1. The van der Waals surface area contributed by atoms with Gasteiger partial charge < -0.3 is 0 Å². The number of thioether (sulfide) groups is 1. The Labute approximate surface area is 133 Å². The Balaban J connectivity index is 1.90. The molecule has 0 unspecified atom stereocenters. The van der Waals surface area contributed by atoms with Gasteiger partial charge in [-0.05, 0) is 35.5 Å². The molecule has 0 atom stereocenters. The average Bonchev–Trinajstić information content (AvgIpc) is 3.06. The van der Waals surface area contributed by atoms with Gasteiger partial charge in [-0.1, -0.05) is 12.1 Å². The monoisotopic (exact) mass is 332 g/mol. The molecule has 0 spiro atoms. The molecule has 8 heteroatoms. The minimum absolute atomic E-state index is 0.0297. The van der Waals surface area contributed by atoms with E-state index in [9.17, 15) is 19.7 Å². The van der Waals surface area contributed by atoms with Gasteiger partial charge in [-0.15, -0.1) is 11.3 Å². The normalized spacial score (nSPS) is 16.1. The summed E-state index contributed by atoms with van der Waals surface area (Å²) in [6, 6.07) is 9.99. The Morgan fingerprint density at radius 3 is 2.68 bits per heavy atom. The fraction of sp³-hybridized carbons (Fsp3) is 0. The zero-order valence-corrected chi connectivity index (χ0v) is 12.6. The first-order valence-electron chi connectivity index (χ1n) is 6.12. The lowest BCUT2D eigenvalue weighted by Crippen LogP contribution is -2.17. The van der Waals surface area contributed by atoms with Crippen LogP contribution in [-0.4, -0.2) is 16.1 Å². The zero-order chi connectivity index (χ0) is 15.7. The first-order chi connectivity index (χ1) is 10.5. The molecule has 110 valence electrons. The number of hydrogen-bond acceptors (Lipinski definition) is 6. The third-order valence-electron chi connectivity index (χ3n) is 2.88. The van der Waals surface area contributed by atoms with Crippen LogP contribution in [0.25, 0.3) is 16.5 Å². The highest BCUT2D eigenvalue weighted by Gasteiger charge is 2.25. The molecule has 22 heavy (non-hydrogen) atoms. The van der Waals surface area contributed by atoms with E-state index in [1.165, 1.54) is 23.5 Å². The number of imide groups is 1. The lowest BCUT2D eigenvalue weighted by molar-refractivity contribution is -0.384. The Morgan fingerprint density at radius 1 is 1.18 bits per heavy atom. The number of thiophene rings is 1. The summed E-state index contributed by atoms with van der Waals surface area (Å²) < 4.78 is 0. The van der Waals surface area contributed by atoms with Crippen LogP contribution in [0.15, 0.2) is 41.3 Å². The number of non-ortho nitro benzene ring substituents is 1. The second-order valence-corrected chi connectivity index (χ2v) is 6.49. The molecule has 0 radical (unpaired) electrons. The van der Waals surface area contributed by atoms with Gasteiger partial charge in [-0.3, -0.25) is 25.0 Å². The smallest absolute Gasteiger partial charge is 0.282 e. The molecule has 0 aliphatic carbocycles. The number of benzene rings is 1. The lowest BCUT2D eigenvalue weighted by Gasteiger charge is -1.97. The van der Waals surface area contributed by atoms with Crippen molar-refractivity contribution in [2.45, 2.75) is 0 Å². The largest absolute Gasteiger partial charge is 0.290 e. The van der Waals surface area contributed by atoms with Crippen molar-refractivity contribution in [3.8, 4) is 10.4 Å². The number of nitro benzene ring substituents is 1. The Kier molecular flexibility index (Phi) is 3.78. The Morgan fingerprint density at radius 2 is 2.00 bits per heavy atom. The van der Waals surface area contributed by atoms with Crippen LogP contribution in [0, 0.1) is 10.1 Å². The third-order valence-corrected chi connectivity index (χ3v) is 4.78. The van der Waals surface area contributed by atoms with Gasteiger partial charge in [0.15, 0.2) is 0 Å². The van der Waals surface area contributed by atoms with E-state index >= 15 is 0 Å². The van der Waals surface area contributed by atoms with E-state index in [1.54, 1.807) is 18.2 Å². The van der Waals surface area contributed by atoms with Gasteiger partial charge in [0, 0.05) is 21.9 Å². The van der Waals surface area contributed by atoms with Crippen LogP contribution in [0.5, 0.6) is 0 Å². The number of amides is 2. The van der Waals surface area contributed by atoms with Crippen molar-refractivity contribution in [2.24, 2.45) is 0 Å². The molecule has 2 heterocycles. The van der Waals surface area contributed by atoms with Gasteiger partial charge in [0.25, 0.3) is 16.8 Å². The van der Waals surface area contributed by atoms with Crippen molar-refractivity contribution < 1.29 is 14.5 Å². The van der Waals surface area contributed by atoms with Crippen molar-refractivity contribution in [1.29, 1.82) is 0 Å². The molecule has 1 fully saturated rings. The van der Waals surface area contributed by atoms with E-state index in [1.807, 2.05) is 12.1 Å². The number of nitrogens with one attached hydrogen (secondary N) is 1.